The Hall–Kier alpha value is -1.31. The van der Waals surface area contributed by atoms with Gasteiger partial charge in [0.15, 0.2) is 0 Å². The zero-order valence-corrected chi connectivity index (χ0v) is 10.9. The summed E-state index contributed by atoms with van der Waals surface area (Å²) < 4.78 is 0. The number of allylic oxidation sites excluding steroid dienone is 5. The van der Waals surface area contributed by atoms with Crippen molar-refractivity contribution in [2.45, 2.75) is 40.5 Å². The molecular formula is C14H24O2. The van der Waals surface area contributed by atoms with Gasteiger partial charge in [-0.3, -0.25) is 4.79 Å². The molecule has 2 nitrogen and oxygen atoms in total. The highest BCUT2D eigenvalue weighted by molar-refractivity contribution is 5.69. The first-order valence-electron chi connectivity index (χ1n) is 5.78. The van der Waals surface area contributed by atoms with Crippen LogP contribution in [0.3, 0.4) is 0 Å². The third-order valence-electron chi connectivity index (χ3n) is 1.96. The fraction of sp³-hybridized carbons (Fsp3) is 0.500. The van der Waals surface area contributed by atoms with E-state index in [1.54, 1.807) is 6.92 Å². The lowest BCUT2D eigenvalue weighted by atomic mass is 10.0. The normalized spacial score (nSPS) is 12.2. The van der Waals surface area contributed by atoms with Crippen LogP contribution in [0, 0.1) is 5.92 Å². The van der Waals surface area contributed by atoms with Crippen LogP contribution in [0.25, 0.3) is 0 Å². The van der Waals surface area contributed by atoms with Crippen LogP contribution in [0.5, 0.6) is 0 Å². The smallest absolute Gasteiger partial charge is 0.306 e. The fourth-order valence-electron chi connectivity index (χ4n) is 0.911. The molecule has 1 unspecified atom stereocenters. The molecule has 0 radical (unpaired) electrons. The molecule has 0 aromatic heterocycles. The second kappa shape index (κ2) is 11.8. The molecule has 0 saturated carbocycles. The van der Waals surface area contributed by atoms with Crippen LogP contribution in [-0.2, 0) is 4.79 Å². The van der Waals surface area contributed by atoms with E-state index in [1.807, 2.05) is 45.1 Å². The highest BCUT2D eigenvalue weighted by atomic mass is 16.4. The van der Waals surface area contributed by atoms with Crippen LogP contribution >= 0.6 is 0 Å². The Morgan fingerprint density at radius 1 is 1.38 bits per heavy atom. The van der Waals surface area contributed by atoms with Gasteiger partial charge in [-0.2, -0.15) is 0 Å². The Kier molecular flexibility index (Phi) is 12.6. The lowest BCUT2D eigenvalue weighted by Gasteiger charge is -2.04. The van der Waals surface area contributed by atoms with E-state index in [4.69, 9.17) is 5.11 Å². The summed E-state index contributed by atoms with van der Waals surface area (Å²) in [5.74, 6) is -1.03. The van der Waals surface area contributed by atoms with E-state index in [-0.39, 0.29) is 5.92 Å². The molecule has 0 aliphatic carbocycles. The summed E-state index contributed by atoms with van der Waals surface area (Å²) in [4.78, 5) is 10.5. The second-order valence-electron chi connectivity index (χ2n) is 3.32. The van der Waals surface area contributed by atoms with E-state index in [0.717, 1.165) is 12.0 Å². The minimum absolute atomic E-state index is 0.290. The molecule has 0 aliphatic rings. The average molecular weight is 224 g/mol. The minimum Gasteiger partial charge on any atom is -0.481 e. The summed E-state index contributed by atoms with van der Waals surface area (Å²) in [6.45, 7) is 11.5. The van der Waals surface area contributed by atoms with Crippen LogP contribution < -0.4 is 0 Å². The molecule has 16 heavy (non-hydrogen) atoms. The van der Waals surface area contributed by atoms with Gasteiger partial charge in [-0.15, -0.1) is 0 Å². The van der Waals surface area contributed by atoms with Crippen LogP contribution in [-0.4, -0.2) is 11.1 Å². The van der Waals surface area contributed by atoms with Gasteiger partial charge in [0, 0.05) is 0 Å². The van der Waals surface area contributed by atoms with Crippen molar-refractivity contribution in [2.24, 2.45) is 5.92 Å². The predicted octanol–water partition coefficient (Wildman–Crippen LogP) is 4.20. The number of carboxylic acid groups (broad SMARTS) is 1. The molecule has 1 N–H and O–H groups in total. The molecule has 0 saturated heterocycles. The van der Waals surface area contributed by atoms with Crippen molar-refractivity contribution in [1.82, 2.24) is 0 Å². The Bertz CT molecular complexity index is 249. The lowest BCUT2D eigenvalue weighted by Crippen LogP contribution is -2.08. The van der Waals surface area contributed by atoms with Gasteiger partial charge in [0.05, 0.1) is 5.92 Å². The molecule has 0 spiro atoms. The third-order valence-corrected chi connectivity index (χ3v) is 1.96. The average Bonchev–Trinajstić information content (AvgIpc) is 2.28. The summed E-state index contributed by atoms with van der Waals surface area (Å²) in [5.41, 5.74) is 0.969. The van der Waals surface area contributed by atoms with Gasteiger partial charge >= 0.3 is 5.97 Å². The Labute approximate surface area is 99.4 Å². The fourth-order valence-corrected chi connectivity index (χ4v) is 0.911. The maximum Gasteiger partial charge on any atom is 0.306 e. The van der Waals surface area contributed by atoms with Crippen molar-refractivity contribution in [2.75, 3.05) is 0 Å². The van der Waals surface area contributed by atoms with Crippen LogP contribution in [0.15, 0.2) is 36.5 Å². The van der Waals surface area contributed by atoms with Gasteiger partial charge in [0.2, 0.25) is 0 Å². The number of hydrogen-bond acceptors (Lipinski definition) is 1. The van der Waals surface area contributed by atoms with Gasteiger partial charge in [0.25, 0.3) is 0 Å². The van der Waals surface area contributed by atoms with Gasteiger partial charge < -0.3 is 5.11 Å². The van der Waals surface area contributed by atoms with E-state index in [1.165, 1.54) is 0 Å². The van der Waals surface area contributed by atoms with Crippen LogP contribution in [0.2, 0.25) is 0 Å². The molecule has 0 rings (SSSR count). The summed E-state index contributed by atoms with van der Waals surface area (Å²) in [5, 5.41) is 8.65. The van der Waals surface area contributed by atoms with Crippen molar-refractivity contribution in [1.29, 1.82) is 0 Å². The number of aliphatic carboxylic acids is 1. The molecule has 0 bridgehead atoms. The highest BCUT2D eigenvalue weighted by Crippen LogP contribution is 2.11. The van der Waals surface area contributed by atoms with Crippen molar-refractivity contribution < 1.29 is 9.90 Å². The standard InChI is InChI=1S/C12H18O2.C2H6/c1-4-5-6-7-10(2)8-9-11(3)12(13)14;1-2/h4-7,11H,2,8-9H2,1,3H3,(H,13,14);1-2H3/b5-4-,7-6-;. The maximum absolute atomic E-state index is 10.5. The van der Waals surface area contributed by atoms with E-state index in [0.29, 0.717) is 6.42 Å². The zero-order valence-electron chi connectivity index (χ0n) is 10.9. The molecule has 2 heteroatoms. The molecule has 0 aliphatic heterocycles. The maximum atomic E-state index is 10.5. The van der Waals surface area contributed by atoms with E-state index < -0.39 is 5.97 Å². The molecular weight excluding hydrogens is 200 g/mol. The SMILES string of the molecule is C=C(/C=C\C=C/C)CCC(C)C(=O)O.CC. The largest absolute Gasteiger partial charge is 0.481 e. The molecule has 0 heterocycles. The number of hydrogen-bond donors (Lipinski definition) is 1. The molecule has 1 atom stereocenters. The quantitative estimate of drug-likeness (QED) is 0.686. The van der Waals surface area contributed by atoms with Crippen LogP contribution in [0.1, 0.15) is 40.5 Å². The summed E-state index contributed by atoms with van der Waals surface area (Å²) in [6, 6.07) is 0. The highest BCUT2D eigenvalue weighted by Gasteiger charge is 2.09. The first-order valence-corrected chi connectivity index (χ1v) is 5.78. The number of rotatable bonds is 6. The van der Waals surface area contributed by atoms with Crippen molar-refractivity contribution in [3.8, 4) is 0 Å². The third kappa shape index (κ3) is 10.8. The lowest BCUT2D eigenvalue weighted by molar-refractivity contribution is -0.141. The molecule has 0 aromatic carbocycles. The Balaban J connectivity index is 0. The van der Waals surface area contributed by atoms with E-state index in [2.05, 4.69) is 6.58 Å². The topological polar surface area (TPSA) is 37.3 Å². The monoisotopic (exact) mass is 224 g/mol. The van der Waals surface area contributed by atoms with Crippen molar-refractivity contribution >= 4 is 5.97 Å². The summed E-state index contributed by atoms with van der Waals surface area (Å²) in [7, 11) is 0. The molecule has 0 fully saturated rings. The molecule has 0 amide bonds. The Morgan fingerprint density at radius 2 is 1.94 bits per heavy atom. The second-order valence-corrected chi connectivity index (χ2v) is 3.32. The van der Waals surface area contributed by atoms with Crippen molar-refractivity contribution in [3.05, 3.63) is 36.5 Å². The van der Waals surface area contributed by atoms with Gasteiger partial charge in [0.1, 0.15) is 0 Å². The van der Waals surface area contributed by atoms with Crippen LogP contribution in [0.4, 0.5) is 0 Å². The predicted molar refractivity (Wildman–Crippen MR) is 70.5 cm³/mol. The van der Waals surface area contributed by atoms with Gasteiger partial charge in [-0.05, 0) is 19.8 Å². The first-order chi connectivity index (χ1) is 7.57. The summed E-state index contributed by atoms with van der Waals surface area (Å²) in [6.07, 6.45) is 9.06. The van der Waals surface area contributed by atoms with Crippen molar-refractivity contribution in [3.63, 3.8) is 0 Å². The zero-order chi connectivity index (χ0) is 13.0. The van der Waals surface area contributed by atoms with E-state index >= 15 is 0 Å². The molecule has 0 aromatic rings. The number of carbonyl (C=O) groups is 1. The summed E-state index contributed by atoms with van der Waals surface area (Å²) >= 11 is 0. The first kappa shape index (κ1) is 17.1. The van der Waals surface area contributed by atoms with Gasteiger partial charge in [-0.1, -0.05) is 57.2 Å². The van der Waals surface area contributed by atoms with E-state index in [9.17, 15) is 4.79 Å². The molecule has 92 valence electrons. The minimum atomic E-state index is -0.741. The van der Waals surface area contributed by atoms with Gasteiger partial charge in [-0.25, -0.2) is 0 Å². The number of carboxylic acids is 1. The Morgan fingerprint density at radius 3 is 2.38 bits per heavy atom.